The van der Waals surface area contributed by atoms with Crippen LogP contribution in [-0.2, 0) is 14.8 Å². The van der Waals surface area contributed by atoms with E-state index in [-0.39, 0.29) is 36.2 Å². The number of methoxy groups -OCH3 is 2. The second-order valence-electron chi connectivity index (χ2n) is 6.90. The van der Waals surface area contributed by atoms with Crippen LogP contribution in [0.2, 0.25) is 0 Å². The normalized spacial score (nSPS) is 15.0. The molecule has 0 aliphatic carbocycles. The van der Waals surface area contributed by atoms with Crippen LogP contribution in [0.5, 0.6) is 17.2 Å². The number of rotatable bonds is 7. The Bertz CT molecular complexity index is 983. The third-order valence-corrected chi connectivity index (χ3v) is 6.88. The van der Waals surface area contributed by atoms with Crippen LogP contribution in [0.4, 0.5) is 0 Å². The number of carbonyl (C=O) groups is 1. The highest BCUT2D eigenvalue weighted by molar-refractivity contribution is 7.89. The van der Waals surface area contributed by atoms with Gasteiger partial charge < -0.3 is 19.1 Å². The molecule has 0 atom stereocenters. The Hall–Kier alpha value is -2.78. The van der Waals surface area contributed by atoms with E-state index >= 15 is 0 Å². The maximum atomic E-state index is 13.1. The summed E-state index contributed by atoms with van der Waals surface area (Å²) in [7, 11) is -0.891. The second kappa shape index (κ2) is 9.36. The number of ether oxygens (including phenoxy) is 3. The Morgan fingerprint density at radius 3 is 2.17 bits per heavy atom. The van der Waals surface area contributed by atoms with Gasteiger partial charge in [0.25, 0.3) is 5.91 Å². The average molecular weight is 435 g/mol. The summed E-state index contributed by atoms with van der Waals surface area (Å²) in [5, 5.41) is 0. The van der Waals surface area contributed by atoms with Crippen molar-refractivity contribution in [1.82, 2.24) is 9.21 Å². The van der Waals surface area contributed by atoms with Gasteiger partial charge in [-0.1, -0.05) is 17.7 Å². The number of nitrogens with zero attached hydrogens (tertiary/aromatic N) is 2. The van der Waals surface area contributed by atoms with E-state index in [0.717, 1.165) is 5.56 Å². The molecular weight excluding hydrogens is 408 g/mol. The average Bonchev–Trinajstić information content (AvgIpc) is 2.78. The predicted molar refractivity (Wildman–Crippen MR) is 112 cm³/mol. The number of carbonyl (C=O) groups excluding carboxylic acids is 1. The van der Waals surface area contributed by atoms with Gasteiger partial charge in [-0.2, -0.15) is 4.31 Å². The van der Waals surface area contributed by atoms with Crippen LogP contribution in [0.1, 0.15) is 5.56 Å². The lowest BCUT2D eigenvalue weighted by Gasteiger charge is -2.34. The zero-order chi connectivity index (χ0) is 21.7. The number of amides is 1. The molecule has 0 aromatic heterocycles. The summed E-state index contributed by atoms with van der Waals surface area (Å²) in [6.45, 7) is 2.87. The molecule has 0 radical (unpaired) electrons. The van der Waals surface area contributed by atoms with Crippen molar-refractivity contribution in [3.05, 3.63) is 48.0 Å². The van der Waals surface area contributed by atoms with Gasteiger partial charge in [-0.3, -0.25) is 4.79 Å². The van der Waals surface area contributed by atoms with Crippen molar-refractivity contribution >= 4 is 15.9 Å². The summed E-state index contributed by atoms with van der Waals surface area (Å²) in [6.07, 6.45) is 0. The van der Waals surface area contributed by atoms with Crippen LogP contribution >= 0.6 is 0 Å². The molecule has 162 valence electrons. The van der Waals surface area contributed by atoms with E-state index in [1.807, 2.05) is 31.2 Å². The number of aryl methyl sites for hydroxylation is 1. The van der Waals surface area contributed by atoms with E-state index in [9.17, 15) is 13.2 Å². The smallest absolute Gasteiger partial charge is 0.260 e. The van der Waals surface area contributed by atoms with Crippen molar-refractivity contribution in [2.45, 2.75) is 11.8 Å². The molecule has 8 nitrogen and oxygen atoms in total. The number of benzene rings is 2. The van der Waals surface area contributed by atoms with Crippen LogP contribution in [0, 0.1) is 6.92 Å². The van der Waals surface area contributed by atoms with Crippen LogP contribution in [0.15, 0.2) is 47.4 Å². The number of sulfonamides is 1. The quantitative estimate of drug-likeness (QED) is 0.662. The topological polar surface area (TPSA) is 85.4 Å². The highest BCUT2D eigenvalue weighted by Gasteiger charge is 2.32. The summed E-state index contributed by atoms with van der Waals surface area (Å²) in [5.41, 5.74) is 1.11. The van der Waals surface area contributed by atoms with E-state index in [1.54, 1.807) is 17.0 Å². The standard InChI is InChI=1S/C21H26N2O6S/c1-16-4-6-17(7-5-16)29-15-21(24)22-10-12-23(13-11-22)30(25,26)20-14-18(27-2)8-9-19(20)28-3/h4-9,14H,10-13,15H2,1-3H3. The molecule has 1 saturated heterocycles. The molecule has 2 aromatic carbocycles. The molecule has 1 fully saturated rings. The molecule has 9 heteroatoms. The van der Waals surface area contributed by atoms with Gasteiger partial charge in [-0.05, 0) is 31.2 Å². The van der Waals surface area contributed by atoms with Gasteiger partial charge in [-0.25, -0.2) is 8.42 Å². The molecule has 0 N–H and O–H groups in total. The van der Waals surface area contributed by atoms with Gasteiger partial charge in [0, 0.05) is 32.2 Å². The number of piperazine rings is 1. The summed E-state index contributed by atoms with van der Waals surface area (Å²) in [4.78, 5) is 14.1. The minimum absolute atomic E-state index is 0.0480. The molecule has 3 rings (SSSR count). The van der Waals surface area contributed by atoms with Gasteiger partial charge in [0.2, 0.25) is 10.0 Å². The molecule has 0 unspecified atom stereocenters. The number of hydrogen-bond donors (Lipinski definition) is 0. The van der Waals surface area contributed by atoms with Gasteiger partial charge in [0.1, 0.15) is 22.1 Å². The molecule has 2 aromatic rings. The summed E-state index contributed by atoms with van der Waals surface area (Å²) in [5.74, 6) is 1.13. The fourth-order valence-electron chi connectivity index (χ4n) is 3.17. The predicted octanol–water partition coefficient (Wildman–Crippen LogP) is 1.92. The lowest BCUT2D eigenvalue weighted by atomic mass is 10.2. The summed E-state index contributed by atoms with van der Waals surface area (Å²) >= 11 is 0. The van der Waals surface area contributed by atoms with E-state index in [2.05, 4.69) is 0 Å². The zero-order valence-electron chi connectivity index (χ0n) is 17.3. The third kappa shape index (κ3) is 4.85. The monoisotopic (exact) mass is 434 g/mol. The maximum Gasteiger partial charge on any atom is 0.260 e. The van der Waals surface area contributed by atoms with E-state index < -0.39 is 10.0 Å². The minimum atomic E-state index is -3.79. The molecule has 1 aliphatic rings. The van der Waals surface area contributed by atoms with Gasteiger partial charge in [0.05, 0.1) is 14.2 Å². The lowest BCUT2D eigenvalue weighted by Crippen LogP contribution is -2.51. The Morgan fingerprint density at radius 1 is 0.933 bits per heavy atom. The van der Waals surface area contributed by atoms with Crippen LogP contribution in [0.3, 0.4) is 0 Å². The third-order valence-electron chi connectivity index (χ3n) is 4.96. The first-order valence-corrected chi connectivity index (χ1v) is 11.0. The Morgan fingerprint density at radius 2 is 1.57 bits per heavy atom. The van der Waals surface area contributed by atoms with Gasteiger partial charge >= 0.3 is 0 Å². The van der Waals surface area contributed by atoms with Gasteiger partial charge in [-0.15, -0.1) is 0 Å². The lowest BCUT2D eigenvalue weighted by molar-refractivity contribution is -0.134. The molecule has 1 heterocycles. The first kappa shape index (κ1) is 21.9. The highest BCUT2D eigenvalue weighted by Crippen LogP contribution is 2.31. The van der Waals surface area contributed by atoms with Crippen molar-refractivity contribution in [2.24, 2.45) is 0 Å². The zero-order valence-corrected chi connectivity index (χ0v) is 18.1. The Balaban J connectivity index is 1.61. The molecule has 0 bridgehead atoms. The van der Waals surface area contributed by atoms with Crippen molar-refractivity contribution in [2.75, 3.05) is 47.0 Å². The first-order valence-electron chi connectivity index (χ1n) is 9.54. The fraction of sp³-hybridized carbons (Fsp3) is 0.381. The molecule has 30 heavy (non-hydrogen) atoms. The Labute approximate surface area is 177 Å². The SMILES string of the molecule is COc1ccc(OC)c(S(=O)(=O)N2CCN(C(=O)COc3ccc(C)cc3)CC2)c1. The van der Waals surface area contributed by atoms with Crippen LogP contribution < -0.4 is 14.2 Å². The summed E-state index contributed by atoms with van der Waals surface area (Å²) < 4.78 is 43.5. The van der Waals surface area contributed by atoms with Crippen molar-refractivity contribution in [3.63, 3.8) is 0 Å². The largest absolute Gasteiger partial charge is 0.497 e. The fourth-order valence-corrected chi connectivity index (χ4v) is 4.77. The number of hydrogen-bond acceptors (Lipinski definition) is 6. The Kier molecular flexibility index (Phi) is 6.84. The van der Waals surface area contributed by atoms with E-state index in [0.29, 0.717) is 24.6 Å². The van der Waals surface area contributed by atoms with Gasteiger partial charge in [0.15, 0.2) is 6.61 Å². The van der Waals surface area contributed by atoms with Crippen molar-refractivity contribution in [3.8, 4) is 17.2 Å². The summed E-state index contributed by atoms with van der Waals surface area (Å²) in [6, 6.07) is 12.1. The van der Waals surface area contributed by atoms with E-state index in [4.69, 9.17) is 14.2 Å². The van der Waals surface area contributed by atoms with Crippen molar-refractivity contribution in [1.29, 1.82) is 0 Å². The highest BCUT2D eigenvalue weighted by atomic mass is 32.2. The maximum absolute atomic E-state index is 13.1. The van der Waals surface area contributed by atoms with Crippen LogP contribution in [0.25, 0.3) is 0 Å². The van der Waals surface area contributed by atoms with Crippen LogP contribution in [-0.4, -0.2) is 70.5 Å². The molecular formula is C21H26N2O6S. The minimum Gasteiger partial charge on any atom is -0.497 e. The second-order valence-corrected chi connectivity index (χ2v) is 8.81. The molecule has 0 spiro atoms. The van der Waals surface area contributed by atoms with Crippen molar-refractivity contribution < 1.29 is 27.4 Å². The molecule has 0 saturated carbocycles. The molecule has 1 amide bonds. The van der Waals surface area contributed by atoms with E-state index in [1.165, 1.54) is 24.6 Å². The first-order chi connectivity index (χ1) is 14.3. The molecule has 1 aliphatic heterocycles.